The molecule has 3 nitrogen and oxygen atoms in total. The van der Waals surface area contributed by atoms with Gasteiger partial charge in [-0.2, -0.15) is 5.26 Å². The van der Waals surface area contributed by atoms with E-state index in [0.717, 1.165) is 12.1 Å². The van der Waals surface area contributed by atoms with E-state index in [4.69, 9.17) is 5.26 Å². The van der Waals surface area contributed by atoms with Crippen LogP contribution in [0.2, 0.25) is 0 Å². The van der Waals surface area contributed by atoms with Crippen molar-refractivity contribution in [1.82, 2.24) is 9.38 Å². The number of imidazole rings is 1. The number of pyridine rings is 1. The van der Waals surface area contributed by atoms with Gasteiger partial charge >= 0.3 is 0 Å². The summed E-state index contributed by atoms with van der Waals surface area (Å²) in [5, 5.41) is 8.87. The molecule has 0 saturated heterocycles. The number of hydrogen-bond acceptors (Lipinski definition) is 2. The van der Waals surface area contributed by atoms with Crippen LogP contribution in [0.15, 0.2) is 55.0 Å². The number of fused-ring (bicyclic) bond motifs is 1. The van der Waals surface area contributed by atoms with Crippen molar-refractivity contribution in [2.45, 2.75) is 26.2 Å². The lowest BCUT2D eigenvalue weighted by Crippen LogP contribution is -2.11. The van der Waals surface area contributed by atoms with E-state index < -0.39 is 0 Å². The van der Waals surface area contributed by atoms with Crippen LogP contribution in [0.4, 0.5) is 0 Å². The van der Waals surface area contributed by atoms with Crippen molar-refractivity contribution in [3.63, 3.8) is 0 Å². The van der Waals surface area contributed by atoms with Gasteiger partial charge in [-0.25, -0.2) is 4.98 Å². The van der Waals surface area contributed by atoms with Gasteiger partial charge in [-0.1, -0.05) is 32.0 Å². The van der Waals surface area contributed by atoms with Gasteiger partial charge in [0.1, 0.15) is 5.65 Å². The zero-order valence-corrected chi connectivity index (χ0v) is 12.9. The van der Waals surface area contributed by atoms with Gasteiger partial charge in [0.15, 0.2) is 0 Å². The van der Waals surface area contributed by atoms with Gasteiger partial charge in [-0.3, -0.25) is 0 Å². The summed E-state index contributed by atoms with van der Waals surface area (Å²) in [7, 11) is 0. The van der Waals surface area contributed by atoms with Crippen molar-refractivity contribution in [3.05, 3.63) is 71.7 Å². The molecule has 2 heterocycles. The first-order valence-electron chi connectivity index (χ1n) is 7.59. The summed E-state index contributed by atoms with van der Waals surface area (Å²) in [5.74, 6) is 0.914. The lowest BCUT2D eigenvalue weighted by atomic mass is 9.85. The van der Waals surface area contributed by atoms with Gasteiger partial charge in [0.2, 0.25) is 0 Å². The van der Waals surface area contributed by atoms with E-state index in [2.05, 4.69) is 53.6 Å². The van der Waals surface area contributed by atoms with Gasteiger partial charge in [-0.05, 0) is 47.6 Å². The van der Waals surface area contributed by atoms with Crippen molar-refractivity contribution in [2.75, 3.05) is 0 Å². The SMILES string of the molecule is CC(Cc1ccc(C#N)cc1)C(C)c1cccn2ccnc12. The topological polar surface area (TPSA) is 41.1 Å². The summed E-state index contributed by atoms with van der Waals surface area (Å²) in [4.78, 5) is 4.48. The Kier molecular flexibility index (Phi) is 3.93. The maximum atomic E-state index is 8.87. The van der Waals surface area contributed by atoms with Crippen LogP contribution in [-0.2, 0) is 6.42 Å². The van der Waals surface area contributed by atoms with E-state index in [9.17, 15) is 0 Å². The van der Waals surface area contributed by atoms with Crippen LogP contribution in [-0.4, -0.2) is 9.38 Å². The molecule has 2 atom stereocenters. The minimum absolute atomic E-state index is 0.418. The normalized spacial score (nSPS) is 13.7. The second-order valence-electron chi connectivity index (χ2n) is 5.90. The number of aromatic nitrogens is 2. The Bertz CT molecular complexity index is 809. The van der Waals surface area contributed by atoms with Crippen LogP contribution in [0.1, 0.15) is 36.5 Å². The largest absolute Gasteiger partial charge is 0.307 e. The number of hydrogen-bond donors (Lipinski definition) is 0. The molecule has 0 aliphatic heterocycles. The second kappa shape index (κ2) is 6.03. The van der Waals surface area contributed by atoms with E-state index in [1.165, 1.54) is 11.1 Å². The summed E-state index contributed by atoms with van der Waals surface area (Å²) in [6, 6.07) is 14.3. The molecule has 2 aromatic heterocycles. The molecule has 3 rings (SSSR count). The van der Waals surface area contributed by atoms with E-state index in [-0.39, 0.29) is 0 Å². The van der Waals surface area contributed by atoms with Crippen molar-refractivity contribution >= 4 is 5.65 Å². The van der Waals surface area contributed by atoms with Crippen molar-refractivity contribution in [1.29, 1.82) is 5.26 Å². The molecule has 0 N–H and O–H groups in total. The molecular weight excluding hydrogens is 270 g/mol. The first-order chi connectivity index (χ1) is 10.7. The lowest BCUT2D eigenvalue weighted by molar-refractivity contribution is 0.486. The third-order valence-electron chi connectivity index (χ3n) is 4.43. The predicted molar refractivity (Wildman–Crippen MR) is 87.6 cm³/mol. The highest BCUT2D eigenvalue weighted by atomic mass is 15.0. The second-order valence-corrected chi connectivity index (χ2v) is 5.90. The van der Waals surface area contributed by atoms with Gasteiger partial charge in [-0.15, -0.1) is 0 Å². The third kappa shape index (κ3) is 2.73. The lowest BCUT2D eigenvalue weighted by Gasteiger charge is -2.21. The number of rotatable bonds is 4. The molecule has 0 spiro atoms. The first-order valence-corrected chi connectivity index (χ1v) is 7.59. The molecule has 0 aliphatic rings. The maximum Gasteiger partial charge on any atom is 0.140 e. The molecule has 0 fully saturated rings. The standard InChI is InChI=1S/C19H19N3/c1-14(12-16-5-7-17(13-20)8-6-16)15(2)18-4-3-10-22-11-9-21-19(18)22/h3-11,14-15H,12H2,1-2H3. The Morgan fingerprint density at radius 3 is 2.64 bits per heavy atom. The molecule has 3 aromatic rings. The Morgan fingerprint density at radius 2 is 1.91 bits per heavy atom. The number of nitriles is 1. The molecule has 110 valence electrons. The molecule has 0 saturated carbocycles. The minimum Gasteiger partial charge on any atom is -0.307 e. The highest BCUT2D eigenvalue weighted by Crippen LogP contribution is 2.29. The van der Waals surface area contributed by atoms with Crippen molar-refractivity contribution < 1.29 is 0 Å². The zero-order chi connectivity index (χ0) is 15.5. The molecular formula is C19H19N3. The molecule has 2 unspecified atom stereocenters. The molecule has 22 heavy (non-hydrogen) atoms. The maximum absolute atomic E-state index is 8.87. The zero-order valence-electron chi connectivity index (χ0n) is 12.9. The van der Waals surface area contributed by atoms with E-state index in [0.29, 0.717) is 17.4 Å². The predicted octanol–water partition coefficient (Wildman–Crippen LogP) is 4.19. The van der Waals surface area contributed by atoms with Crippen LogP contribution < -0.4 is 0 Å². The van der Waals surface area contributed by atoms with Crippen LogP contribution in [0, 0.1) is 17.2 Å². The highest BCUT2D eigenvalue weighted by molar-refractivity contribution is 5.49. The summed E-state index contributed by atoms with van der Waals surface area (Å²) in [5.41, 5.74) is 4.32. The van der Waals surface area contributed by atoms with Crippen molar-refractivity contribution in [2.24, 2.45) is 5.92 Å². The molecule has 0 amide bonds. The van der Waals surface area contributed by atoms with E-state index >= 15 is 0 Å². The van der Waals surface area contributed by atoms with Gasteiger partial charge in [0.25, 0.3) is 0 Å². The van der Waals surface area contributed by atoms with Gasteiger partial charge < -0.3 is 4.40 Å². The quantitative estimate of drug-likeness (QED) is 0.722. The van der Waals surface area contributed by atoms with Gasteiger partial charge in [0.05, 0.1) is 11.6 Å². The van der Waals surface area contributed by atoms with E-state index in [1.54, 1.807) is 0 Å². The highest BCUT2D eigenvalue weighted by Gasteiger charge is 2.18. The fourth-order valence-electron chi connectivity index (χ4n) is 2.90. The van der Waals surface area contributed by atoms with Crippen LogP contribution in [0.25, 0.3) is 5.65 Å². The Morgan fingerprint density at radius 1 is 1.14 bits per heavy atom. The molecule has 0 radical (unpaired) electrons. The third-order valence-corrected chi connectivity index (χ3v) is 4.43. The summed E-state index contributed by atoms with van der Waals surface area (Å²) in [6.07, 6.45) is 6.85. The smallest absolute Gasteiger partial charge is 0.140 e. The van der Waals surface area contributed by atoms with Crippen molar-refractivity contribution in [3.8, 4) is 6.07 Å². The minimum atomic E-state index is 0.418. The van der Waals surface area contributed by atoms with Crippen LogP contribution in [0.3, 0.4) is 0 Å². The molecule has 1 aromatic carbocycles. The summed E-state index contributed by atoms with van der Waals surface area (Å²) in [6.45, 7) is 4.54. The Hall–Kier alpha value is -2.60. The molecule has 3 heteroatoms. The fourth-order valence-corrected chi connectivity index (χ4v) is 2.90. The molecule has 0 bridgehead atoms. The molecule has 0 aliphatic carbocycles. The Labute approximate surface area is 130 Å². The van der Waals surface area contributed by atoms with Gasteiger partial charge in [0, 0.05) is 18.6 Å². The first kappa shape index (κ1) is 14.3. The summed E-state index contributed by atoms with van der Waals surface area (Å²) < 4.78 is 2.07. The number of nitrogens with zero attached hydrogens (tertiary/aromatic N) is 3. The average Bonchev–Trinajstić information content (AvgIpc) is 3.03. The van der Waals surface area contributed by atoms with Crippen LogP contribution >= 0.6 is 0 Å². The van der Waals surface area contributed by atoms with E-state index in [1.807, 2.05) is 30.7 Å². The van der Waals surface area contributed by atoms with Crippen LogP contribution in [0.5, 0.6) is 0 Å². The number of benzene rings is 1. The monoisotopic (exact) mass is 289 g/mol. The average molecular weight is 289 g/mol. The fraction of sp³-hybridized carbons (Fsp3) is 0.263. The summed E-state index contributed by atoms with van der Waals surface area (Å²) >= 11 is 0. The Balaban J connectivity index is 1.80.